The zero-order valence-electron chi connectivity index (χ0n) is 8.25. The van der Waals surface area contributed by atoms with Gasteiger partial charge < -0.3 is 5.11 Å². The largest absolute Gasteiger partial charge is 0.389 e. The van der Waals surface area contributed by atoms with Crippen molar-refractivity contribution in [3.05, 3.63) is 22.3 Å². The predicted molar refractivity (Wildman–Crippen MR) is 67.1 cm³/mol. The summed E-state index contributed by atoms with van der Waals surface area (Å²) in [4.78, 5) is 0. The summed E-state index contributed by atoms with van der Waals surface area (Å²) < 4.78 is 1.85. The van der Waals surface area contributed by atoms with Gasteiger partial charge in [0.25, 0.3) is 0 Å². The molecule has 0 amide bonds. The van der Waals surface area contributed by atoms with Gasteiger partial charge in [0.05, 0.1) is 6.10 Å². The number of halogens is 1. The zero-order chi connectivity index (χ0) is 9.94. The molecule has 1 N–H and O–H groups in total. The first kappa shape index (κ1) is 13.2. The summed E-state index contributed by atoms with van der Waals surface area (Å²) in [6.45, 7) is 2.21. The fraction of sp³-hybridized carbons (Fsp3) is 0.636. The molecule has 0 heterocycles. The Balaban J connectivity index is 3.30. The van der Waals surface area contributed by atoms with E-state index in [1.165, 1.54) is 19.3 Å². The van der Waals surface area contributed by atoms with Crippen LogP contribution in [-0.4, -0.2) is 11.2 Å². The van der Waals surface area contributed by atoms with E-state index >= 15 is 0 Å². The highest BCUT2D eigenvalue weighted by molar-refractivity contribution is 14.1. The van der Waals surface area contributed by atoms with Crippen LogP contribution in [0.1, 0.15) is 39.0 Å². The first-order valence-electron chi connectivity index (χ1n) is 4.91. The Morgan fingerprint density at radius 2 is 2.08 bits per heavy atom. The van der Waals surface area contributed by atoms with Gasteiger partial charge >= 0.3 is 0 Å². The maximum absolute atomic E-state index is 9.31. The lowest BCUT2D eigenvalue weighted by Crippen LogP contribution is -1.98. The summed E-state index contributed by atoms with van der Waals surface area (Å²) in [7, 11) is 0. The van der Waals surface area contributed by atoms with Gasteiger partial charge in [0.1, 0.15) is 0 Å². The number of allylic oxidation sites excluding steroid dienone is 1. The van der Waals surface area contributed by atoms with Crippen LogP contribution in [0.3, 0.4) is 0 Å². The first-order chi connectivity index (χ1) is 6.31. The second kappa shape index (κ2) is 10.3. The second-order valence-corrected chi connectivity index (χ2v) is 3.81. The summed E-state index contributed by atoms with van der Waals surface area (Å²) in [6, 6.07) is 0. The van der Waals surface area contributed by atoms with Gasteiger partial charge in [-0.3, -0.25) is 0 Å². The maximum atomic E-state index is 9.31. The van der Waals surface area contributed by atoms with E-state index in [-0.39, 0.29) is 6.10 Å². The van der Waals surface area contributed by atoms with Crippen molar-refractivity contribution in [1.29, 1.82) is 0 Å². The smallest absolute Gasteiger partial charge is 0.0762 e. The fourth-order valence-electron chi connectivity index (χ4n) is 1.03. The Hall–Kier alpha value is 0.170. The molecular formula is C11H19IO. The Morgan fingerprint density at radius 1 is 1.31 bits per heavy atom. The summed E-state index contributed by atoms with van der Waals surface area (Å²) in [5, 5.41) is 9.31. The maximum Gasteiger partial charge on any atom is 0.0762 e. The van der Waals surface area contributed by atoms with Gasteiger partial charge in [0.15, 0.2) is 0 Å². The van der Waals surface area contributed by atoms with Crippen molar-refractivity contribution in [1.82, 2.24) is 0 Å². The van der Waals surface area contributed by atoms with E-state index < -0.39 is 0 Å². The van der Waals surface area contributed by atoms with E-state index in [9.17, 15) is 5.11 Å². The third-order valence-corrected chi connectivity index (χ3v) is 2.23. The number of aliphatic hydroxyl groups is 1. The summed E-state index contributed by atoms with van der Waals surface area (Å²) in [5.41, 5.74) is 0. The van der Waals surface area contributed by atoms with Crippen LogP contribution in [0.4, 0.5) is 0 Å². The molecule has 0 bridgehead atoms. The van der Waals surface area contributed by atoms with E-state index in [2.05, 4.69) is 41.7 Å². The normalized spacial score (nSPS) is 14.4. The van der Waals surface area contributed by atoms with Gasteiger partial charge in [-0.2, -0.15) is 0 Å². The van der Waals surface area contributed by atoms with E-state index in [0.29, 0.717) is 0 Å². The number of rotatable bonds is 7. The highest BCUT2D eigenvalue weighted by Gasteiger charge is 1.92. The van der Waals surface area contributed by atoms with E-state index in [1.807, 2.05) is 4.08 Å². The molecule has 0 saturated heterocycles. The third kappa shape index (κ3) is 10.1. The van der Waals surface area contributed by atoms with Crippen LogP contribution in [0.2, 0.25) is 0 Å². The molecule has 0 aromatic rings. The van der Waals surface area contributed by atoms with Gasteiger partial charge in [-0.15, -0.1) is 0 Å². The summed E-state index contributed by atoms with van der Waals surface area (Å²) in [6.07, 6.45) is 11.5. The van der Waals surface area contributed by atoms with Crippen LogP contribution in [0.25, 0.3) is 0 Å². The third-order valence-electron chi connectivity index (χ3n) is 1.81. The monoisotopic (exact) mass is 294 g/mol. The van der Waals surface area contributed by atoms with E-state index in [4.69, 9.17) is 0 Å². The Bertz CT molecular complexity index is 152. The lowest BCUT2D eigenvalue weighted by Gasteiger charge is -1.98. The second-order valence-electron chi connectivity index (χ2n) is 3.09. The molecule has 0 aliphatic rings. The number of unbranched alkanes of at least 4 members (excludes halogenated alkanes) is 3. The molecule has 0 radical (unpaired) electrons. The molecule has 13 heavy (non-hydrogen) atoms. The minimum Gasteiger partial charge on any atom is -0.389 e. The molecule has 0 saturated carbocycles. The van der Waals surface area contributed by atoms with Gasteiger partial charge in [0.2, 0.25) is 0 Å². The zero-order valence-corrected chi connectivity index (χ0v) is 10.4. The molecule has 0 fully saturated rings. The average Bonchev–Trinajstić information content (AvgIpc) is 2.11. The van der Waals surface area contributed by atoms with Gasteiger partial charge in [-0.1, -0.05) is 54.5 Å². The highest BCUT2D eigenvalue weighted by Crippen LogP contribution is 2.02. The Morgan fingerprint density at radius 3 is 2.69 bits per heavy atom. The van der Waals surface area contributed by atoms with Crippen molar-refractivity contribution < 1.29 is 5.11 Å². The Labute approximate surface area is 95.1 Å². The van der Waals surface area contributed by atoms with E-state index in [1.54, 1.807) is 6.08 Å². The Kier molecular flexibility index (Phi) is 10.4. The summed E-state index contributed by atoms with van der Waals surface area (Å²) in [5.74, 6) is 0. The molecule has 0 spiro atoms. The molecule has 0 aliphatic heterocycles. The van der Waals surface area contributed by atoms with Crippen molar-refractivity contribution in [2.24, 2.45) is 0 Å². The minimum absolute atomic E-state index is 0.306. The standard InChI is InChI=1S/C11H19IO/c1-2-3-4-5-6-7-8-11(13)9-10-12/h6-7,9-11,13H,2-5,8H2,1H3/b7-6-,10-9+/t11-/m0/s1. The van der Waals surface area contributed by atoms with Crippen molar-refractivity contribution in [3.63, 3.8) is 0 Å². The van der Waals surface area contributed by atoms with Gasteiger partial charge in [-0.25, -0.2) is 0 Å². The first-order valence-corrected chi connectivity index (χ1v) is 6.15. The molecule has 76 valence electrons. The quantitative estimate of drug-likeness (QED) is 0.430. The lowest BCUT2D eigenvalue weighted by molar-refractivity contribution is 0.227. The van der Waals surface area contributed by atoms with Gasteiger partial charge in [0, 0.05) is 0 Å². The predicted octanol–water partition coefficient (Wildman–Crippen LogP) is 3.82. The molecule has 0 unspecified atom stereocenters. The number of aliphatic hydroxyl groups excluding tert-OH is 1. The van der Waals surface area contributed by atoms with Crippen LogP contribution in [0, 0.1) is 0 Å². The molecule has 2 heteroatoms. The molecule has 0 aliphatic carbocycles. The highest BCUT2D eigenvalue weighted by atomic mass is 127. The minimum atomic E-state index is -0.306. The van der Waals surface area contributed by atoms with Gasteiger partial charge in [-0.05, 0) is 29.4 Å². The van der Waals surface area contributed by atoms with Crippen molar-refractivity contribution in [3.8, 4) is 0 Å². The molecule has 0 rings (SSSR count). The molecule has 0 aromatic heterocycles. The van der Waals surface area contributed by atoms with Crippen LogP contribution in [0.15, 0.2) is 22.3 Å². The summed E-state index contributed by atoms with van der Waals surface area (Å²) >= 11 is 2.12. The van der Waals surface area contributed by atoms with Crippen molar-refractivity contribution in [2.45, 2.75) is 45.1 Å². The SMILES string of the molecule is CCCCC/C=C\C[C@H](O)/C=C/I. The molecular weight excluding hydrogens is 275 g/mol. The van der Waals surface area contributed by atoms with Crippen LogP contribution >= 0.6 is 22.6 Å². The number of hydrogen-bond acceptors (Lipinski definition) is 1. The topological polar surface area (TPSA) is 20.2 Å². The van der Waals surface area contributed by atoms with Crippen LogP contribution in [-0.2, 0) is 0 Å². The molecule has 0 aromatic carbocycles. The fourth-order valence-corrected chi connectivity index (χ4v) is 1.51. The molecule has 1 nitrogen and oxygen atoms in total. The van der Waals surface area contributed by atoms with Crippen LogP contribution < -0.4 is 0 Å². The van der Waals surface area contributed by atoms with Crippen LogP contribution in [0.5, 0.6) is 0 Å². The number of hydrogen-bond donors (Lipinski definition) is 1. The average molecular weight is 294 g/mol. The van der Waals surface area contributed by atoms with Crippen molar-refractivity contribution in [2.75, 3.05) is 0 Å². The van der Waals surface area contributed by atoms with E-state index in [0.717, 1.165) is 12.8 Å². The molecule has 1 atom stereocenters. The van der Waals surface area contributed by atoms with Crippen molar-refractivity contribution >= 4 is 22.6 Å². The lowest BCUT2D eigenvalue weighted by atomic mass is 10.1.